The molecule has 0 atom stereocenters. The summed E-state index contributed by atoms with van der Waals surface area (Å²) in [4.78, 5) is 10.2. The minimum atomic E-state index is -0.889. The van der Waals surface area contributed by atoms with Crippen molar-refractivity contribution in [1.82, 2.24) is 0 Å². The molecule has 0 saturated carbocycles. The Morgan fingerprint density at radius 3 is 2.92 bits per heavy atom. The van der Waals surface area contributed by atoms with Crippen molar-refractivity contribution in [3.05, 3.63) is 35.4 Å². The van der Waals surface area contributed by atoms with Gasteiger partial charge < -0.3 is 5.11 Å². The maximum Gasteiger partial charge on any atom is 0.315 e. The molecule has 0 aliphatic heterocycles. The van der Waals surface area contributed by atoms with Gasteiger partial charge >= 0.3 is 5.97 Å². The van der Waals surface area contributed by atoms with Crippen LogP contribution in [0.5, 0.6) is 0 Å². The lowest BCUT2D eigenvalue weighted by atomic mass is 10.1. The third kappa shape index (κ3) is 3.44. The Balaban J connectivity index is 2.72. The maximum atomic E-state index is 10.2. The molecule has 1 N–H and O–H groups in total. The fourth-order valence-corrected chi connectivity index (χ4v) is 0.945. The van der Waals surface area contributed by atoms with Crippen molar-refractivity contribution < 1.29 is 9.90 Å². The number of carboxylic acid groups (broad SMARTS) is 1. The molecule has 1 rings (SSSR count). The number of hydrogen-bond donors (Lipinski definition) is 1. The van der Waals surface area contributed by atoms with Gasteiger partial charge in [-0.25, -0.2) is 0 Å². The van der Waals surface area contributed by atoms with Gasteiger partial charge in [0.2, 0.25) is 0 Å². The fraction of sp³-hybridized carbons (Fsp3) is 0.182. The maximum absolute atomic E-state index is 10.2. The van der Waals surface area contributed by atoms with E-state index in [1.54, 1.807) is 0 Å². The number of benzene rings is 1. The first-order chi connectivity index (χ1) is 6.18. The average Bonchev–Trinajstić information content (AvgIpc) is 2.03. The van der Waals surface area contributed by atoms with Crippen LogP contribution in [0.2, 0.25) is 0 Å². The number of carbonyl (C=O) groups is 1. The normalized spacial score (nSPS) is 8.69. The molecule has 0 unspecified atom stereocenters. The van der Waals surface area contributed by atoms with Crippen molar-refractivity contribution in [3.8, 4) is 11.8 Å². The molecule has 0 aliphatic rings. The number of carboxylic acids is 1. The molecule has 0 aliphatic carbocycles. The van der Waals surface area contributed by atoms with E-state index in [0.29, 0.717) is 0 Å². The summed E-state index contributed by atoms with van der Waals surface area (Å²) in [6.45, 7) is 1.97. The lowest BCUT2D eigenvalue weighted by molar-refractivity contribution is -0.135. The molecule has 2 nitrogen and oxygen atoms in total. The molecule has 0 fully saturated rings. The molecule has 13 heavy (non-hydrogen) atoms. The molecule has 0 heterocycles. The van der Waals surface area contributed by atoms with Crippen LogP contribution in [-0.2, 0) is 4.79 Å². The minimum Gasteiger partial charge on any atom is -0.481 e. The van der Waals surface area contributed by atoms with E-state index in [0.717, 1.165) is 11.1 Å². The number of aryl methyl sites for hydroxylation is 1. The van der Waals surface area contributed by atoms with Crippen LogP contribution in [0.3, 0.4) is 0 Å². The van der Waals surface area contributed by atoms with Gasteiger partial charge in [0.05, 0.1) is 0 Å². The summed E-state index contributed by atoms with van der Waals surface area (Å²) < 4.78 is 0. The largest absolute Gasteiger partial charge is 0.481 e. The Morgan fingerprint density at radius 1 is 1.54 bits per heavy atom. The summed E-state index contributed by atoms with van der Waals surface area (Å²) in [7, 11) is 0. The summed E-state index contributed by atoms with van der Waals surface area (Å²) in [6.07, 6.45) is -0.103. The van der Waals surface area contributed by atoms with Gasteiger partial charge in [-0.2, -0.15) is 0 Å². The van der Waals surface area contributed by atoms with Gasteiger partial charge in [0, 0.05) is 5.56 Å². The van der Waals surface area contributed by atoms with Crippen molar-refractivity contribution in [2.24, 2.45) is 0 Å². The third-order valence-corrected chi connectivity index (χ3v) is 1.49. The molecule has 0 aromatic heterocycles. The Kier molecular flexibility index (Phi) is 3.10. The second kappa shape index (κ2) is 4.32. The van der Waals surface area contributed by atoms with Gasteiger partial charge in [-0.1, -0.05) is 24.0 Å². The lowest BCUT2D eigenvalue weighted by Gasteiger charge is -1.91. The molecular weight excluding hydrogens is 164 g/mol. The quantitative estimate of drug-likeness (QED) is 0.659. The lowest BCUT2D eigenvalue weighted by Crippen LogP contribution is -1.90. The summed E-state index contributed by atoms with van der Waals surface area (Å²) >= 11 is 0. The third-order valence-electron chi connectivity index (χ3n) is 1.49. The molecule has 0 bridgehead atoms. The highest BCUT2D eigenvalue weighted by Gasteiger charge is 1.89. The van der Waals surface area contributed by atoms with Crippen LogP contribution in [0.1, 0.15) is 17.5 Å². The van der Waals surface area contributed by atoms with Crippen LogP contribution in [-0.4, -0.2) is 11.1 Å². The van der Waals surface area contributed by atoms with Gasteiger partial charge in [-0.3, -0.25) is 4.79 Å². The van der Waals surface area contributed by atoms with Crippen LogP contribution in [0, 0.1) is 18.8 Å². The van der Waals surface area contributed by atoms with Gasteiger partial charge in [-0.05, 0) is 24.6 Å². The Morgan fingerprint density at radius 2 is 2.31 bits per heavy atom. The van der Waals surface area contributed by atoms with Crippen LogP contribution in [0.25, 0.3) is 0 Å². The second-order valence-electron chi connectivity index (χ2n) is 2.74. The van der Waals surface area contributed by atoms with Crippen LogP contribution >= 0.6 is 0 Å². The topological polar surface area (TPSA) is 37.3 Å². The van der Waals surface area contributed by atoms with E-state index in [-0.39, 0.29) is 6.42 Å². The van der Waals surface area contributed by atoms with E-state index in [9.17, 15) is 4.79 Å². The molecule has 0 amide bonds. The highest BCUT2D eigenvalue weighted by molar-refractivity contribution is 5.70. The van der Waals surface area contributed by atoms with Crippen molar-refractivity contribution in [2.75, 3.05) is 0 Å². The molecule has 1 aromatic carbocycles. The zero-order valence-corrected chi connectivity index (χ0v) is 7.37. The number of aliphatic carboxylic acids is 1. The Bertz CT molecular complexity index is 369. The molecule has 0 radical (unpaired) electrons. The van der Waals surface area contributed by atoms with Crippen molar-refractivity contribution >= 4 is 5.97 Å². The van der Waals surface area contributed by atoms with E-state index < -0.39 is 5.97 Å². The number of rotatable bonds is 1. The summed E-state index contributed by atoms with van der Waals surface area (Å²) in [5, 5.41) is 8.34. The van der Waals surface area contributed by atoms with Crippen LogP contribution in [0.15, 0.2) is 24.3 Å². The fourth-order valence-electron chi connectivity index (χ4n) is 0.945. The minimum absolute atomic E-state index is 0.103. The average molecular weight is 174 g/mol. The predicted octanol–water partition coefficient (Wildman–Crippen LogP) is 1.82. The molecule has 2 heteroatoms. The van der Waals surface area contributed by atoms with Gasteiger partial charge in [-0.15, -0.1) is 0 Å². The molecular formula is C11H10O2. The van der Waals surface area contributed by atoms with E-state index in [4.69, 9.17) is 5.11 Å². The van der Waals surface area contributed by atoms with Crippen LogP contribution < -0.4 is 0 Å². The zero-order valence-electron chi connectivity index (χ0n) is 7.37. The monoisotopic (exact) mass is 174 g/mol. The molecule has 1 aromatic rings. The van der Waals surface area contributed by atoms with Gasteiger partial charge in [0.1, 0.15) is 6.42 Å². The van der Waals surface area contributed by atoms with E-state index in [1.165, 1.54) is 0 Å². The summed E-state index contributed by atoms with van der Waals surface area (Å²) in [6, 6.07) is 7.67. The number of hydrogen-bond acceptors (Lipinski definition) is 1. The second-order valence-corrected chi connectivity index (χ2v) is 2.74. The van der Waals surface area contributed by atoms with Crippen LogP contribution in [0.4, 0.5) is 0 Å². The first-order valence-electron chi connectivity index (χ1n) is 3.96. The van der Waals surface area contributed by atoms with E-state index >= 15 is 0 Å². The Labute approximate surface area is 77.2 Å². The molecule has 0 spiro atoms. The van der Waals surface area contributed by atoms with Crippen molar-refractivity contribution in [2.45, 2.75) is 13.3 Å². The highest BCUT2D eigenvalue weighted by atomic mass is 16.4. The first kappa shape index (κ1) is 9.34. The van der Waals surface area contributed by atoms with E-state index in [2.05, 4.69) is 11.8 Å². The SMILES string of the molecule is Cc1cccc(C#CCC(=O)O)c1. The molecule has 66 valence electrons. The highest BCUT2D eigenvalue weighted by Crippen LogP contribution is 2.01. The summed E-state index contributed by atoms with van der Waals surface area (Å²) in [5.41, 5.74) is 1.99. The van der Waals surface area contributed by atoms with Gasteiger partial charge in [0.15, 0.2) is 0 Å². The molecule has 0 saturated heterocycles. The Hall–Kier alpha value is -1.75. The first-order valence-corrected chi connectivity index (χ1v) is 3.96. The van der Waals surface area contributed by atoms with Gasteiger partial charge in [0.25, 0.3) is 0 Å². The van der Waals surface area contributed by atoms with E-state index in [1.807, 2.05) is 31.2 Å². The van der Waals surface area contributed by atoms with Crippen molar-refractivity contribution in [3.63, 3.8) is 0 Å². The standard InChI is InChI=1S/C11H10O2/c1-9-4-2-5-10(8-9)6-3-7-11(12)13/h2,4-5,8H,7H2,1H3,(H,12,13). The van der Waals surface area contributed by atoms with Crippen molar-refractivity contribution in [1.29, 1.82) is 0 Å². The zero-order chi connectivity index (χ0) is 9.68. The smallest absolute Gasteiger partial charge is 0.315 e. The predicted molar refractivity (Wildman–Crippen MR) is 50.3 cm³/mol. The summed E-state index contributed by atoms with van der Waals surface area (Å²) in [5.74, 6) is 4.48.